The summed E-state index contributed by atoms with van der Waals surface area (Å²) in [4.78, 5) is 27.1. The molecule has 0 fully saturated rings. The highest BCUT2D eigenvalue weighted by Crippen LogP contribution is 2.17. The van der Waals surface area contributed by atoms with Gasteiger partial charge in [-0.3, -0.25) is 9.36 Å². The summed E-state index contributed by atoms with van der Waals surface area (Å²) < 4.78 is 20.2. The van der Waals surface area contributed by atoms with E-state index in [1.165, 1.54) is 22.5 Å². The van der Waals surface area contributed by atoms with Gasteiger partial charge in [0, 0.05) is 30.1 Å². The SMILES string of the molecule is C=C(C)C(=O)OCCCC(F)CCSc1ncc(C)c(=O)n1C. The van der Waals surface area contributed by atoms with Crippen molar-refractivity contribution >= 4 is 17.7 Å². The summed E-state index contributed by atoms with van der Waals surface area (Å²) in [7, 11) is 1.66. The summed E-state index contributed by atoms with van der Waals surface area (Å²) in [5.41, 5.74) is 0.845. The molecule has 1 heterocycles. The number of halogens is 1. The molecule has 0 radical (unpaired) electrons. The van der Waals surface area contributed by atoms with Crippen LogP contribution in [0.2, 0.25) is 0 Å². The molecular weight excluding hydrogens is 319 g/mol. The van der Waals surface area contributed by atoms with E-state index in [0.717, 1.165) is 0 Å². The standard InChI is InChI=1S/C16H23FN2O3S/c1-11(2)15(21)22-8-5-6-13(17)7-9-23-16-18-10-12(3)14(20)19(16)4/h10,13H,1,5-9H2,2-4H3. The van der Waals surface area contributed by atoms with Crippen molar-refractivity contribution in [2.75, 3.05) is 12.4 Å². The van der Waals surface area contributed by atoms with Gasteiger partial charge < -0.3 is 4.74 Å². The van der Waals surface area contributed by atoms with Gasteiger partial charge in [0.05, 0.1) is 6.61 Å². The van der Waals surface area contributed by atoms with E-state index in [4.69, 9.17) is 4.74 Å². The molecule has 0 aromatic carbocycles. The van der Waals surface area contributed by atoms with Gasteiger partial charge in [0.1, 0.15) is 6.17 Å². The molecule has 0 saturated carbocycles. The van der Waals surface area contributed by atoms with Crippen molar-refractivity contribution in [1.29, 1.82) is 0 Å². The minimum atomic E-state index is -0.964. The normalized spacial score (nSPS) is 12.0. The zero-order valence-corrected chi connectivity index (χ0v) is 14.6. The molecule has 0 bridgehead atoms. The lowest BCUT2D eigenvalue weighted by Gasteiger charge is -2.10. The van der Waals surface area contributed by atoms with Crippen LogP contribution in [0.15, 0.2) is 28.3 Å². The fraction of sp³-hybridized carbons (Fsp3) is 0.562. The van der Waals surface area contributed by atoms with Gasteiger partial charge >= 0.3 is 5.97 Å². The Balaban J connectivity index is 2.25. The number of esters is 1. The molecule has 1 aromatic heterocycles. The van der Waals surface area contributed by atoms with Crippen LogP contribution in [0.4, 0.5) is 4.39 Å². The number of ether oxygens (including phenoxy) is 1. The molecule has 0 aliphatic carbocycles. The van der Waals surface area contributed by atoms with Crippen LogP contribution in [0, 0.1) is 6.92 Å². The Bertz CT molecular complexity index is 616. The molecule has 1 atom stereocenters. The molecule has 0 aliphatic rings. The first-order valence-corrected chi connectivity index (χ1v) is 8.43. The molecule has 1 rings (SSSR count). The number of nitrogens with zero attached hydrogens (tertiary/aromatic N) is 2. The Morgan fingerprint density at radius 2 is 2.22 bits per heavy atom. The number of alkyl halides is 1. The van der Waals surface area contributed by atoms with E-state index in [-0.39, 0.29) is 12.2 Å². The van der Waals surface area contributed by atoms with E-state index >= 15 is 0 Å². The number of hydrogen-bond acceptors (Lipinski definition) is 5. The van der Waals surface area contributed by atoms with Crippen LogP contribution in [-0.2, 0) is 16.6 Å². The first kappa shape index (κ1) is 19.4. The lowest BCUT2D eigenvalue weighted by atomic mass is 10.2. The molecule has 23 heavy (non-hydrogen) atoms. The van der Waals surface area contributed by atoms with Crippen molar-refractivity contribution in [3.05, 3.63) is 34.3 Å². The molecule has 5 nitrogen and oxygen atoms in total. The van der Waals surface area contributed by atoms with Crippen molar-refractivity contribution in [1.82, 2.24) is 9.55 Å². The van der Waals surface area contributed by atoms with E-state index in [1.807, 2.05) is 0 Å². The molecule has 0 saturated heterocycles. The van der Waals surface area contributed by atoms with Crippen LogP contribution in [0.25, 0.3) is 0 Å². The minimum absolute atomic E-state index is 0.0846. The van der Waals surface area contributed by atoms with Gasteiger partial charge in [0.15, 0.2) is 5.16 Å². The topological polar surface area (TPSA) is 61.2 Å². The summed E-state index contributed by atoms with van der Waals surface area (Å²) in [5, 5.41) is 0.586. The highest BCUT2D eigenvalue weighted by atomic mass is 32.2. The maximum absolute atomic E-state index is 13.8. The molecule has 7 heteroatoms. The maximum atomic E-state index is 13.8. The van der Waals surface area contributed by atoms with Crippen LogP contribution >= 0.6 is 11.8 Å². The van der Waals surface area contributed by atoms with Crippen LogP contribution in [-0.4, -0.2) is 34.1 Å². The van der Waals surface area contributed by atoms with Crippen molar-refractivity contribution in [2.24, 2.45) is 7.05 Å². The first-order valence-electron chi connectivity index (χ1n) is 7.45. The third-order valence-corrected chi connectivity index (χ3v) is 4.28. The summed E-state index contributed by atoms with van der Waals surface area (Å²) in [6.07, 6.45) is 1.75. The predicted molar refractivity (Wildman–Crippen MR) is 89.5 cm³/mol. The van der Waals surface area contributed by atoms with E-state index in [1.54, 1.807) is 20.9 Å². The summed E-state index contributed by atoms with van der Waals surface area (Å²) in [5.74, 6) is 0.0955. The molecule has 1 unspecified atom stereocenters. The first-order chi connectivity index (χ1) is 10.8. The second kappa shape index (κ2) is 9.50. The van der Waals surface area contributed by atoms with Crippen LogP contribution < -0.4 is 5.56 Å². The second-order valence-electron chi connectivity index (χ2n) is 5.38. The van der Waals surface area contributed by atoms with Gasteiger partial charge in [0.2, 0.25) is 0 Å². The minimum Gasteiger partial charge on any atom is -0.462 e. The molecule has 0 amide bonds. The number of carbonyl (C=O) groups excluding carboxylic acids is 1. The number of thioether (sulfide) groups is 1. The molecule has 128 valence electrons. The van der Waals surface area contributed by atoms with Gasteiger partial charge in [-0.05, 0) is 33.1 Å². The van der Waals surface area contributed by atoms with Crippen LogP contribution in [0.5, 0.6) is 0 Å². The van der Waals surface area contributed by atoms with E-state index < -0.39 is 12.1 Å². The molecule has 0 aliphatic heterocycles. The number of hydrogen-bond donors (Lipinski definition) is 0. The van der Waals surface area contributed by atoms with Gasteiger partial charge in [-0.2, -0.15) is 0 Å². The fourth-order valence-electron chi connectivity index (χ4n) is 1.79. The van der Waals surface area contributed by atoms with Gasteiger partial charge in [0.25, 0.3) is 5.56 Å². The molecule has 0 N–H and O–H groups in total. The summed E-state index contributed by atoms with van der Waals surface area (Å²) in [6, 6.07) is 0. The Kier molecular flexibility index (Phi) is 8.02. The van der Waals surface area contributed by atoms with Gasteiger partial charge in [-0.15, -0.1) is 0 Å². The zero-order valence-electron chi connectivity index (χ0n) is 13.8. The Morgan fingerprint density at radius 3 is 2.87 bits per heavy atom. The largest absolute Gasteiger partial charge is 0.462 e. The average molecular weight is 342 g/mol. The van der Waals surface area contributed by atoms with Crippen LogP contribution in [0.1, 0.15) is 31.7 Å². The number of carbonyl (C=O) groups is 1. The van der Waals surface area contributed by atoms with E-state index in [9.17, 15) is 14.0 Å². The summed E-state index contributed by atoms with van der Waals surface area (Å²) in [6.45, 7) is 6.96. The molecular formula is C16H23FN2O3S. The zero-order chi connectivity index (χ0) is 17.4. The van der Waals surface area contributed by atoms with E-state index in [0.29, 0.717) is 41.3 Å². The summed E-state index contributed by atoms with van der Waals surface area (Å²) >= 11 is 1.36. The van der Waals surface area contributed by atoms with Crippen molar-refractivity contribution in [2.45, 2.75) is 44.4 Å². The lowest BCUT2D eigenvalue weighted by molar-refractivity contribution is -0.139. The smallest absolute Gasteiger partial charge is 0.333 e. The third-order valence-electron chi connectivity index (χ3n) is 3.20. The Morgan fingerprint density at radius 1 is 1.52 bits per heavy atom. The molecule has 0 spiro atoms. The highest BCUT2D eigenvalue weighted by molar-refractivity contribution is 7.99. The maximum Gasteiger partial charge on any atom is 0.333 e. The highest BCUT2D eigenvalue weighted by Gasteiger charge is 2.10. The molecule has 1 aromatic rings. The Labute approximate surface area is 139 Å². The second-order valence-corrected chi connectivity index (χ2v) is 6.44. The van der Waals surface area contributed by atoms with E-state index in [2.05, 4.69) is 11.6 Å². The van der Waals surface area contributed by atoms with Crippen molar-refractivity contribution in [3.8, 4) is 0 Å². The van der Waals surface area contributed by atoms with Gasteiger partial charge in [-0.25, -0.2) is 14.2 Å². The average Bonchev–Trinajstić information content (AvgIpc) is 2.51. The van der Waals surface area contributed by atoms with Gasteiger partial charge in [-0.1, -0.05) is 18.3 Å². The van der Waals surface area contributed by atoms with Crippen molar-refractivity contribution in [3.63, 3.8) is 0 Å². The quantitative estimate of drug-likeness (QED) is 0.227. The monoisotopic (exact) mass is 342 g/mol. The third kappa shape index (κ3) is 6.56. The lowest BCUT2D eigenvalue weighted by Crippen LogP contribution is -2.21. The number of rotatable bonds is 9. The predicted octanol–water partition coefficient (Wildman–Crippen LogP) is 2.81. The number of aromatic nitrogens is 2. The fourth-order valence-corrected chi connectivity index (χ4v) is 2.75. The van der Waals surface area contributed by atoms with Crippen molar-refractivity contribution < 1.29 is 13.9 Å². The van der Waals surface area contributed by atoms with Crippen LogP contribution in [0.3, 0.4) is 0 Å². The number of aryl methyl sites for hydroxylation is 1. The Hall–Kier alpha value is -1.63.